The van der Waals surface area contributed by atoms with Crippen molar-refractivity contribution < 1.29 is 9.13 Å². The Morgan fingerprint density at radius 1 is 1.11 bits per heavy atom. The number of ether oxygens (including phenoxy) is 1. The highest BCUT2D eigenvalue weighted by Crippen LogP contribution is 2.46. The Hall–Kier alpha value is -2.01. The molecule has 0 N–H and O–H groups in total. The first-order chi connectivity index (χ1) is 13.5. The fourth-order valence-corrected chi connectivity index (χ4v) is 5.07. The maximum atomic E-state index is 13.6. The fourth-order valence-electron chi connectivity index (χ4n) is 4.15. The minimum Gasteiger partial charge on any atom is -0.361 e. The maximum Gasteiger partial charge on any atom is 0.123 e. The van der Waals surface area contributed by atoms with Crippen LogP contribution in [0.2, 0.25) is 0 Å². The average Bonchev–Trinajstić information content (AvgIpc) is 3.26. The Labute approximate surface area is 170 Å². The van der Waals surface area contributed by atoms with Gasteiger partial charge >= 0.3 is 0 Å². The van der Waals surface area contributed by atoms with E-state index in [4.69, 9.17) is 4.74 Å². The van der Waals surface area contributed by atoms with Crippen LogP contribution in [0.15, 0.2) is 53.9 Å². The summed E-state index contributed by atoms with van der Waals surface area (Å²) in [7, 11) is 4.17. The highest BCUT2D eigenvalue weighted by atomic mass is 32.1. The van der Waals surface area contributed by atoms with E-state index in [1.165, 1.54) is 39.3 Å². The molecule has 0 bridgehead atoms. The van der Waals surface area contributed by atoms with Gasteiger partial charge in [0.05, 0.1) is 6.61 Å². The number of aryl methyl sites for hydroxylation is 1. The molecule has 0 saturated heterocycles. The van der Waals surface area contributed by atoms with Gasteiger partial charge in [0, 0.05) is 4.88 Å². The summed E-state index contributed by atoms with van der Waals surface area (Å²) < 4.78 is 20.0. The van der Waals surface area contributed by atoms with Crippen molar-refractivity contribution in [1.29, 1.82) is 0 Å². The summed E-state index contributed by atoms with van der Waals surface area (Å²) in [5.74, 6) is -0.214. The van der Waals surface area contributed by atoms with E-state index in [1.54, 1.807) is 11.3 Å². The van der Waals surface area contributed by atoms with Crippen molar-refractivity contribution in [2.45, 2.75) is 32.0 Å². The normalized spacial score (nSPS) is 18.6. The van der Waals surface area contributed by atoms with Crippen molar-refractivity contribution in [2.24, 2.45) is 0 Å². The SMILES string of the molecule is Cc1ccsc1-c1ccc2c(c1)COC2(CCCN(C)C)c1ccc(F)cc1. The number of hydrogen-bond donors (Lipinski definition) is 0. The summed E-state index contributed by atoms with van der Waals surface area (Å²) in [6, 6.07) is 15.7. The lowest BCUT2D eigenvalue weighted by Crippen LogP contribution is -2.28. The zero-order chi connectivity index (χ0) is 19.7. The molecule has 4 heteroatoms. The maximum absolute atomic E-state index is 13.6. The van der Waals surface area contributed by atoms with Crippen LogP contribution in [0.25, 0.3) is 10.4 Å². The van der Waals surface area contributed by atoms with Crippen LogP contribution >= 0.6 is 11.3 Å². The Balaban J connectivity index is 1.74. The quantitative estimate of drug-likeness (QED) is 0.509. The molecule has 1 aliphatic rings. The van der Waals surface area contributed by atoms with Crippen LogP contribution < -0.4 is 0 Å². The summed E-state index contributed by atoms with van der Waals surface area (Å²) in [5.41, 5.74) is 5.54. The van der Waals surface area contributed by atoms with Crippen LogP contribution in [0.4, 0.5) is 4.39 Å². The zero-order valence-electron chi connectivity index (χ0n) is 16.7. The van der Waals surface area contributed by atoms with Crippen molar-refractivity contribution in [1.82, 2.24) is 4.90 Å². The Kier molecular flexibility index (Phi) is 5.37. The van der Waals surface area contributed by atoms with E-state index >= 15 is 0 Å². The fraction of sp³-hybridized carbons (Fsp3) is 0.333. The third-order valence-electron chi connectivity index (χ3n) is 5.58. The Morgan fingerprint density at radius 2 is 1.89 bits per heavy atom. The van der Waals surface area contributed by atoms with Crippen molar-refractivity contribution in [3.05, 3.63) is 82.0 Å². The highest BCUT2D eigenvalue weighted by Gasteiger charge is 2.41. The molecule has 3 aromatic rings. The molecule has 1 aliphatic heterocycles. The van der Waals surface area contributed by atoms with E-state index in [0.717, 1.165) is 24.9 Å². The van der Waals surface area contributed by atoms with Gasteiger partial charge in [0.15, 0.2) is 0 Å². The van der Waals surface area contributed by atoms with Gasteiger partial charge < -0.3 is 9.64 Å². The summed E-state index contributed by atoms with van der Waals surface area (Å²) in [5, 5.41) is 2.14. The second kappa shape index (κ2) is 7.78. The molecule has 2 aromatic carbocycles. The molecule has 0 radical (unpaired) electrons. The molecule has 28 heavy (non-hydrogen) atoms. The predicted octanol–water partition coefficient (Wildman–Crippen LogP) is 5.98. The molecule has 146 valence electrons. The molecular weight excluding hydrogens is 369 g/mol. The second-order valence-corrected chi connectivity index (χ2v) is 8.75. The van der Waals surface area contributed by atoms with Crippen molar-refractivity contribution in [3.63, 3.8) is 0 Å². The number of halogens is 1. The zero-order valence-corrected chi connectivity index (χ0v) is 17.5. The monoisotopic (exact) mass is 395 g/mol. The molecule has 1 atom stereocenters. The lowest BCUT2D eigenvalue weighted by atomic mass is 9.81. The molecule has 0 aliphatic carbocycles. The predicted molar refractivity (Wildman–Crippen MR) is 114 cm³/mol. The summed E-state index contributed by atoms with van der Waals surface area (Å²) >= 11 is 1.78. The lowest BCUT2D eigenvalue weighted by molar-refractivity contribution is -0.0140. The van der Waals surface area contributed by atoms with E-state index in [-0.39, 0.29) is 5.82 Å². The largest absolute Gasteiger partial charge is 0.361 e. The van der Waals surface area contributed by atoms with Gasteiger partial charge in [-0.25, -0.2) is 4.39 Å². The van der Waals surface area contributed by atoms with E-state index in [9.17, 15) is 4.39 Å². The molecule has 4 rings (SSSR count). The summed E-state index contributed by atoms with van der Waals surface area (Å²) in [6.07, 6.45) is 1.89. The molecule has 0 saturated carbocycles. The van der Waals surface area contributed by atoms with Crippen molar-refractivity contribution in [2.75, 3.05) is 20.6 Å². The number of benzene rings is 2. The van der Waals surface area contributed by atoms with Gasteiger partial charge in [0.25, 0.3) is 0 Å². The standard InChI is InChI=1S/C24H26FNOS/c1-17-11-14-28-23(17)18-5-10-22-19(15-18)16-27-24(22,12-4-13-26(2)3)20-6-8-21(25)9-7-20/h5-11,14-15H,4,12-13,16H2,1-3H3. The van der Waals surface area contributed by atoms with Crippen molar-refractivity contribution >= 4 is 11.3 Å². The first kappa shape index (κ1) is 19.3. The molecule has 1 unspecified atom stereocenters. The molecular formula is C24H26FNOS. The minimum atomic E-state index is -0.498. The lowest BCUT2D eigenvalue weighted by Gasteiger charge is -2.31. The summed E-state index contributed by atoms with van der Waals surface area (Å²) in [6.45, 7) is 3.74. The van der Waals surface area contributed by atoms with Gasteiger partial charge in [-0.1, -0.05) is 24.3 Å². The van der Waals surface area contributed by atoms with E-state index in [2.05, 4.69) is 55.6 Å². The van der Waals surface area contributed by atoms with Gasteiger partial charge in [0.2, 0.25) is 0 Å². The molecule has 1 aromatic heterocycles. The van der Waals surface area contributed by atoms with Crippen LogP contribution in [0, 0.1) is 12.7 Å². The molecule has 0 spiro atoms. The number of hydrogen-bond acceptors (Lipinski definition) is 3. The van der Waals surface area contributed by atoms with Gasteiger partial charge in [-0.05, 0) is 97.9 Å². The summed E-state index contributed by atoms with van der Waals surface area (Å²) in [4.78, 5) is 3.51. The van der Waals surface area contributed by atoms with Gasteiger partial charge in [-0.3, -0.25) is 0 Å². The van der Waals surface area contributed by atoms with Crippen LogP contribution in [0.1, 0.15) is 35.1 Å². The third-order valence-corrected chi connectivity index (χ3v) is 6.65. The van der Waals surface area contributed by atoms with Gasteiger partial charge in [-0.15, -0.1) is 11.3 Å². The van der Waals surface area contributed by atoms with Crippen LogP contribution in [-0.4, -0.2) is 25.5 Å². The van der Waals surface area contributed by atoms with Gasteiger partial charge in [0.1, 0.15) is 11.4 Å². The van der Waals surface area contributed by atoms with E-state index in [0.29, 0.717) is 6.61 Å². The van der Waals surface area contributed by atoms with Crippen LogP contribution in [-0.2, 0) is 16.9 Å². The first-order valence-electron chi connectivity index (χ1n) is 9.72. The molecule has 2 nitrogen and oxygen atoms in total. The van der Waals surface area contributed by atoms with Crippen LogP contribution in [0.3, 0.4) is 0 Å². The van der Waals surface area contributed by atoms with E-state index < -0.39 is 5.60 Å². The number of fused-ring (bicyclic) bond motifs is 1. The Morgan fingerprint density at radius 3 is 2.57 bits per heavy atom. The third kappa shape index (κ3) is 3.52. The topological polar surface area (TPSA) is 12.5 Å². The Bertz CT molecular complexity index is 963. The van der Waals surface area contributed by atoms with Gasteiger partial charge in [-0.2, -0.15) is 0 Å². The molecule has 0 amide bonds. The molecule has 2 heterocycles. The van der Waals surface area contributed by atoms with Crippen molar-refractivity contribution in [3.8, 4) is 10.4 Å². The highest BCUT2D eigenvalue weighted by molar-refractivity contribution is 7.13. The van der Waals surface area contributed by atoms with E-state index in [1.807, 2.05) is 12.1 Å². The minimum absolute atomic E-state index is 0.214. The molecule has 0 fully saturated rings. The number of rotatable bonds is 6. The van der Waals surface area contributed by atoms with Crippen LogP contribution in [0.5, 0.6) is 0 Å². The number of thiophene rings is 1. The average molecular weight is 396 g/mol. The number of nitrogens with zero attached hydrogens (tertiary/aromatic N) is 1. The smallest absolute Gasteiger partial charge is 0.123 e. The second-order valence-electron chi connectivity index (χ2n) is 7.83. The first-order valence-corrected chi connectivity index (χ1v) is 10.6.